The molecule has 54 heavy (non-hydrogen) atoms. The maximum atomic E-state index is 4.91. The molecule has 0 spiro atoms. The Morgan fingerprint density at radius 1 is 0.667 bits per heavy atom. The fourth-order valence-electron chi connectivity index (χ4n) is 5.47. The summed E-state index contributed by atoms with van der Waals surface area (Å²) in [6.45, 7) is 6.63. The third-order valence-electron chi connectivity index (χ3n) is 8.04. The number of hydrogen-bond donors (Lipinski definition) is 0. The van der Waals surface area contributed by atoms with Crippen molar-refractivity contribution in [3.05, 3.63) is 189 Å². The van der Waals surface area contributed by atoms with Gasteiger partial charge in [-0.3, -0.25) is 35.4 Å². The molecule has 0 unspecified atom stereocenters. The van der Waals surface area contributed by atoms with Gasteiger partial charge >= 0.3 is 32.7 Å². The first kappa shape index (κ1) is 46.9. The summed E-state index contributed by atoms with van der Waals surface area (Å²) < 4.78 is 2.14. The Morgan fingerprint density at radius 3 is 1.98 bits per heavy atom. The van der Waals surface area contributed by atoms with Crippen LogP contribution in [-0.2, 0) is 90.9 Å². The van der Waals surface area contributed by atoms with Crippen LogP contribution in [0.4, 0.5) is 0 Å². The second-order valence-corrected chi connectivity index (χ2v) is 12.5. The van der Waals surface area contributed by atoms with Crippen LogP contribution in [0.15, 0.2) is 140 Å². The number of benzene rings is 5. The van der Waals surface area contributed by atoms with Gasteiger partial charge in [-0.2, -0.15) is 18.2 Å². The van der Waals surface area contributed by atoms with Gasteiger partial charge in [-0.15, -0.1) is 53.9 Å². The molecule has 0 N–H and O–H groups in total. The minimum Gasteiger partial charge on any atom is -0.393 e. The molecule has 0 aliphatic heterocycles. The summed E-state index contributed by atoms with van der Waals surface area (Å²) in [5.74, 6) is 0.789. The fourth-order valence-corrected chi connectivity index (χ4v) is 5.47. The number of imidazole rings is 1. The van der Waals surface area contributed by atoms with E-state index in [1.165, 1.54) is 5.56 Å². The van der Waals surface area contributed by atoms with E-state index in [0.29, 0.717) is 5.69 Å². The average Bonchev–Trinajstić information content (AvgIpc) is 3.56. The van der Waals surface area contributed by atoms with Crippen LogP contribution in [0.1, 0.15) is 26.3 Å². The van der Waals surface area contributed by atoms with Crippen molar-refractivity contribution in [3.8, 4) is 50.7 Å². The molecule has 8 rings (SSSR count). The molecule has 0 bridgehead atoms. The zero-order chi connectivity index (χ0) is 33.6. The van der Waals surface area contributed by atoms with Gasteiger partial charge < -0.3 is 38.6 Å². The maximum Gasteiger partial charge on any atom is 3.00 e. The van der Waals surface area contributed by atoms with Crippen LogP contribution in [-0.4, -0.2) is 27.9 Å². The number of para-hydroxylation sites is 3. The molecule has 0 amide bonds. The van der Waals surface area contributed by atoms with E-state index in [2.05, 4.69) is 102 Å². The van der Waals surface area contributed by atoms with E-state index in [1.807, 2.05) is 109 Å². The zero-order valence-electron chi connectivity index (χ0n) is 30.6. The van der Waals surface area contributed by atoms with E-state index in [-0.39, 0.29) is 107 Å². The van der Waals surface area contributed by atoms with E-state index in [9.17, 15) is 0 Å². The minimum atomic E-state index is 0. The van der Waals surface area contributed by atoms with E-state index in [0.717, 1.165) is 56.1 Å². The molecule has 0 saturated heterocycles. The Morgan fingerprint density at radius 2 is 1.33 bits per heavy atom. The first-order valence-corrected chi connectivity index (χ1v) is 16.1. The zero-order valence-corrected chi connectivity index (χ0v) is 38.7. The van der Waals surface area contributed by atoms with Gasteiger partial charge in [0, 0.05) is 73.1 Å². The van der Waals surface area contributed by atoms with Crippen LogP contribution >= 0.6 is 0 Å². The predicted molar refractivity (Wildman–Crippen MR) is 209 cm³/mol. The molecule has 3 aromatic heterocycles. The second-order valence-electron chi connectivity index (χ2n) is 12.5. The van der Waals surface area contributed by atoms with Gasteiger partial charge in [0.1, 0.15) is 0 Å². The van der Waals surface area contributed by atoms with Crippen molar-refractivity contribution < 1.29 is 85.5 Å². The molecule has 0 aliphatic carbocycles. The molecule has 8 heteroatoms. The molecule has 3 heterocycles. The van der Waals surface area contributed by atoms with E-state index in [4.69, 9.17) is 4.98 Å². The first-order valence-electron chi connectivity index (χ1n) is 16.1. The minimum absolute atomic E-state index is 0. The quantitative estimate of drug-likeness (QED) is 0.127. The van der Waals surface area contributed by atoms with Crippen molar-refractivity contribution >= 4 is 19.4 Å². The van der Waals surface area contributed by atoms with Crippen molar-refractivity contribution in [1.82, 2.24) is 19.5 Å². The molecule has 0 fully saturated rings. The van der Waals surface area contributed by atoms with Crippen LogP contribution < -0.4 is 0 Å². The molecule has 0 aliphatic rings. The molecule has 0 atom stereocenters. The van der Waals surface area contributed by atoms with E-state index >= 15 is 0 Å². The summed E-state index contributed by atoms with van der Waals surface area (Å²) in [7, 11) is 0. The number of nitrogens with zero attached hydrogens (tertiary/aromatic N) is 4. The topological polar surface area (TPSA) is 43.6 Å². The number of aromatic nitrogens is 4. The smallest absolute Gasteiger partial charge is 0.393 e. The normalized spacial score (nSPS) is 10.1. The van der Waals surface area contributed by atoms with Gasteiger partial charge in [-0.25, -0.2) is 17.7 Å². The molecule has 0 saturated carbocycles. The monoisotopic (exact) mass is 1030 g/mol. The Hall–Kier alpha value is -3.21. The van der Waals surface area contributed by atoms with Gasteiger partial charge in [0.25, 0.3) is 0 Å². The molecular weight excluding hydrogens is 989 g/mol. The van der Waals surface area contributed by atoms with Crippen LogP contribution in [0.3, 0.4) is 0 Å². The van der Waals surface area contributed by atoms with Crippen LogP contribution in [0, 0.1) is 44.0 Å². The largest absolute Gasteiger partial charge is 3.00 e. The summed E-state index contributed by atoms with van der Waals surface area (Å²) >= 11 is 0. The Labute approximate surface area is 386 Å². The first-order chi connectivity index (χ1) is 23.9. The number of rotatable bonds is 5. The number of pyridine rings is 2. The van der Waals surface area contributed by atoms with Gasteiger partial charge in [0.2, 0.25) is 0 Å². The van der Waals surface area contributed by atoms with Gasteiger partial charge in [-0.1, -0.05) is 57.2 Å². The molecular formula is C46H35BIrN4Y2-4. The van der Waals surface area contributed by atoms with Gasteiger partial charge in [0.05, 0.1) is 11.0 Å². The molecule has 5 radical (unpaired) electrons. The van der Waals surface area contributed by atoms with Crippen molar-refractivity contribution in [2.75, 3.05) is 0 Å². The van der Waals surface area contributed by atoms with Crippen LogP contribution in [0.25, 0.3) is 61.8 Å². The molecule has 261 valence electrons. The van der Waals surface area contributed by atoms with Crippen molar-refractivity contribution in [1.29, 1.82) is 0 Å². The van der Waals surface area contributed by atoms with Crippen molar-refractivity contribution in [2.24, 2.45) is 0 Å². The molecule has 4 nitrogen and oxygen atoms in total. The second kappa shape index (κ2) is 21.8. The maximum absolute atomic E-state index is 4.91. The van der Waals surface area contributed by atoms with Crippen molar-refractivity contribution in [3.63, 3.8) is 0 Å². The summed E-state index contributed by atoms with van der Waals surface area (Å²) in [5.41, 5.74) is 10.6. The van der Waals surface area contributed by atoms with Crippen molar-refractivity contribution in [2.45, 2.75) is 26.2 Å². The number of hydrogen-bond acceptors (Lipinski definition) is 3. The standard InChI is InChI=1S/C30H16N3.C15H16N.CH3.B.Ir.2Y/c1-3-10-22(11-4-1)27-19-18-25(21-31-27)23-12-9-13-24(20-23)30-32-28-16-7-8-17-29(28)33(30)26-14-5-2-6-15-26;1-15(2,3)13-9-10-16-14(11-13)12-7-5-4-6-8-12;;;;;/h1-10,12,14-18H;4-7,9-11H,1-3H3;1H3;;;;/q-5;2*-1;;;;+3. The fraction of sp³-hybridized carbons (Fsp3) is 0.0870. The van der Waals surface area contributed by atoms with Crippen LogP contribution in [0.2, 0.25) is 0 Å². The van der Waals surface area contributed by atoms with Crippen LogP contribution in [0.5, 0.6) is 0 Å². The summed E-state index contributed by atoms with van der Waals surface area (Å²) in [6.07, 6.45) is 5.00. The number of fused-ring (bicyclic) bond motifs is 1. The third kappa shape index (κ3) is 11.2. The summed E-state index contributed by atoms with van der Waals surface area (Å²) in [4.78, 5) is 13.8. The Bertz CT molecular complexity index is 2310. The van der Waals surface area contributed by atoms with Gasteiger partial charge in [0.15, 0.2) is 0 Å². The van der Waals surface area contributed by atoms with Gasteiger partial charge in [-0.05, 0) is 52.8 Å². The summed E-state index contributed by atoms with van der Waals surface area (Å²) in [5, 5.41) is 0. The van der Waals surface area contributed by atoms with E-state index in [1.54, 1.807) is 0 Å². The molecule has 5 aromatic carbocycles. The summed E-state index contributed by atoms with van der Waals surface area (Å²) in [6, 6.07) is 60.4. The predicted octanol–water partition coefficient (Wildman–Crippen LogP) is 10.3. The molecule has 8 aromatic rings. The Balaban J connectivity index is 0.000000414. The van der Waals surface area contributed by atoms with E-state index < -0.39 is 0 Å². The SMILES string of the molecule is CC(C)(C)c1ccnc(-c2[c-]cccc2)c1.[B].[CH3-].[Ir].[Y+3].[Y].[c-]1ccc(-c2[c-]nc(-c3[c-]cccc3)[c-]c2)[c-]c1-c1nc2ccccc2n1-c1ccccc1. The average molecular weight is 1020 g/mol. The third-order valence-corrected chi connectivity index (χ3v) is 8.04. The Kier molecular flexibility index (Phi) is 18.9.